The summed E-state index contributed by atoms with van der Waals surface area (Å²) in [5.41, 5.74) is 0.139. The van der Waals surface area contributed by atoms with Gasteiger partial charge in [-0.2, -0.15) is 0 Å². The molecule has 2 rings (SSSR count). The van der Waals surface area contributed by atoms with Crippen LogP contribution in [0.3, 0.4) is 0 Å². The maximum absolute atomic E-state index is 11.1. The summed E-state index contributed by atoms with van der Waals surface area (Å²) >= 11 is 0. The Morgan fingerprint density at radius 3 is 3.23 bits per heavy atom. The molecule has 1 fully saturated rings. The molecule has 70 valence electrons. The molecule has 0 bridgehead atoms. The molecule has 4 heteroatoms. The first-order valence-corrected chi connectivity index (χ1v) is 4.24. The summed E-state index contributed by atoms with van der Waals surface area (Å²) in [6.07, 6.45) is 5.43. The van der Waals surface area contributed by atoms with E-state index in [0.29, 0.717) is 6.67 Å². The second-order valence-corrected chi connectivity index (χ2v) is 3.56. The van der Waals surface area contributed by atoms with Crippen LogP contribution in [0.1, 0.15) is 6.92 Å². The number of nitrogens with one attached hydrogen (secondary N) is 2. The highest BCUT2D eigenvalue weighted by atomic mass is 16.4. The fourth-order valence-electron chi connectivity index (χ4n) is 1.80. The summed E-state index contributed by atoms with van der Waals surface area (Å²) in [6.45, 7) is 2.37. The molecule has 13 heavy (non-hydrogen) atoms. The number of carboxylic acid groups (broad SMARTS) is 1. The first-order valence-electron chi connectivity index (χ1n) is 4.24. The van der Waals surface area contributed by atoms with Crippen molar-refractivity contribution in [1.82, 2.24) is 10.6 Å². The Balaban J connectivity index is 2.37. The van der Waals surface area contributed by atoms with E-state index in [2.05, 4.69) is 10.6 Å². The highest BCUT2D eigenvalue weighted by molar-refractivity contribution is 5.79. The van der Waals surface area contributed by atoms with E-state index in [1.165, 1.54) is 0 Å². The minimum absolute atomic E-state index is 0.116. The number of rotatable bonds is 1. The van der Waals surface area contributed by atoms with Gasteiger partial charge < -0.3 is 10.4 Å². The van der Waals surface area contributed by atoms with Crippen molar-refractivity contribution >= 4 is 5.97 Å². The van der Waals surface area contributed by atoms with Gasteiger partial charge in [0, 0.05) is 5.70 Å². The lowest BCUT2D eigenvalue weighted by Crippen LogP contribution is -2.45. The minimum atomic E-state index is -0.826. The van der Waals surface area contributed by atoms with Crippen LogP contribution in [-0.4, -0.2) is 23.8 Å². The number of aliphatic carboxylic acids is 1. The maximum Gasteiger partial charge on any atom is 0.315 e. The molecule has 2 aliphatic rings. The van der Waals surface area contributed by atoms with Crippen molar-refractivity contribution in [3.8, 4) is 0 Å². The van der Waals surface area contributed by atoms with Gasteiger partial charge in [-0.1, -0.05) is 12.2 Å². The van der Waals surface area contributed by atoms with Crippen LogP contribution in [0.25, 0.3) is 0 Å². The molecule has 0 aromatic rings. The van der Waals surface area contributed by atoms with Crippen molar-refractivity contribution in [2.45, 2.75) is 13.0 Å². The largest absolute Gasteiger partial charge is 0.481 e. The Morgan fingerprint density at radius 1 is 1.77 bits per heavy atom. The van der Waals surface area contributed by atoms with Gasteiger partial charge in [-0.15, -0.1) is 0 Å². The quantitative estimate of drug-likeness (QED) is 0.533. The zero-order valence-electron chi connectivity index (χ0n) is 7.37. The summed E-state index contributed by atoms with van der Waals surface area (Å²) < 4.78 is 0. The molecular formula is C9H12N2O2. The topological polar surface area (TPSA) is 61.4 Å². The van der Waals surface area contributed by atoms with Gasteiger partial charge >= 0.3 is 5.97 Å². The van der Waals surface area contributed by atoms with Crippen LogP contribution in [0.5, 0.6) is 0 Å². The Kier molecular flexibility index (Phi) is 1.66. The maximum atomic E-state index is 11.1. The van der Waals surface area contributed by atoms with E-state index >= 15 is 0 Å². The third kappa shape index (κ3) is 1.06. The molecule has 1 aliphatic carbocycles. The van der Waals surface area contributed by atoms with Gasteiger partial charge in [0.1, 0.15) is 5.41 Å². The van der Waals surface area contributed by atoms with Gasteiger partial charge in [-0.25, -0.2) is 0 Å². The van der Waals surface area contributed by atoms with Gasteiger partial charge in [-0.3, -0.25) is 10.1 Å². The van der Waals surface area contributed by atoms with Crippen LogP contribution >= 0.6 is 0 Å². The molecule has 0 aromatic carbocycles. The highest BCUT2D eigenvalue weighted by Crippen LogP contribution is 2.32. The Bertz CT molecular complexity index is 309. The molecule has 3 N–H and O–H groups in total. The van der Waals surface area contributed by atoms with Gasteiger partial charge in [-0.05, 0) is 13.0 Å². The van der Waals surface area contributed by atoms with Crippen LogP contribution in [0, 0.1) is 5.41 Å². The first-order chi connectivity index (χ1) is 6.14. The second kappa shape index (κ2) is 2.60. The third-order valence-corrected chi connectivity index (χ3v) is 2.69. The van der Waals surface area contributed by atoms with Crippen LogP contribution in [0.2, 0.25) is 0 Å². The fraction of sp³-hybridized carbons (Fsp3) is 0.444. The lowest BCUT2D eigenvalue weighted by Gasteiger charge is -2.30. The minimum Gasteiger partial charge on any atom is -0.481 e. The number of hydrogen-bond acceptors (Lipinski definition) is 3. The second-order valence-electron chi connectivity index (χ2n) is 3.56. The average Bonchev–Trinajstić information content (AvgIpc) is 2.53. The summed E-state index contributed by atoms with van der Waals surface area (Å²) in [5.74, 6) is -0.796. The molecule has 4 nitrogen and oxygen atoms in total. The van der Waals surface area contributed by atoms with Gasteiger partial charge in [0.15, 0.2) is 0 Å². The molecule has 2 atom stereocenters. The standard InChI is InChI=1S/C9H12N2O2/c1-9(8(12)13)4-2-3-6-7(9)11-5-10-6/h2-4,7,10-11H,5H2,1H3,(H,12,13). The predicted molar refractivity (Wildman–Crippen MR) is 47.9 cm³/mol. The van der Waals surface area contributed by atoms with E-state index in [9.17, 15) is 4.79 Å². The van der Waals surface area contributed by atoms with E-state index < -0.39 is 11.4 Å². The molecular weight excluding hydrogens is 168 g/mol. The summed E-state index contributed by atoms with van der Waals surface area (Å²) in [4.78, 5) is 11.1. The van der Waals surface area contributed by atoms with Crippen molar-refractivity contribution < 1.29 is 9.90 Å². The van der Waals surface area contributed by atoms with E-state index in [4.69, 9.17) is 5.11 Å². The molecule has 0 saturated carbocycles. The Hall–Kier alpha value is -1.29. The van der Waals surface area contributed by atoms with Crippen LogP contribution in [0.4, 0.5) is 0 Å². The summed E-state index contributed by atoms with van der Waals surface area (Å²) in [7, 11) is 0. The van der Waals surface area contributed by atoms with Crippen molar-refractivity contribution in [3.05, 3.63) is 23.9 Å². The molecule has 0 radical (unpaired) electrons. The predicted octanol–water partition coefficient (Wildman–Crippen LogP) is 0.0499. The average molecular weight is 180 g/mol. The molecule has 1 heterocycles. The number of hydrogen-bond donors (Lipinski definition) is 3. The van der Waals surface area contributed by atoms with Gasteiger partial charge in [0.25, 0.3) is 0 Å². The molecule has 2 unspecified atom stereocenters. The molecule has 0 spiro atoms. The first kappa shape index (κ1) is 8.31. The van der Waals surface area contributed by atoms with E-state index in [1.807, 2.05) is 6.08 Å². The Morgan fingerprint density at radius 2 is 2.54 bits per heavy atom. The van der Waals surface area contributed by atoms with Crippen LogP contribution in [-0.2, 0) is 4.79 Å². The number of allylic oxidation sites excluding steroid dienone is 2. The summed E-state index contributed by atoms with van der Waals surface area (Å²) in [6, 6.07) is -0.116. The highest BCUT2D eigenvalue weighted by Gasteiger charge is 2.44. The molecule has 0 amide bonds. The molecule has 1 saturated heterocycles. The lowest BCUT2D eigenvalue weighted by molar-refractivity contribution is -0.146. The molecule has 0 aromatic heterocycles. The van der Waals surface area contributed by atoms with E-state index in [-0.39, 0.29) is 6.04 Å². The van der Waals surface area contributed by atoms with E-state index in [1.54, 1.807) is 19.1 Å². The SMILES string of the molecule is CC1(C(=O)O)C=CC=C2NCNC21. The van der Waals surface area contributed by atoms with Crippen molar-refractivity contribution in [2.75, 3.05) is 6.67 Å². The monoisotopic (exact) mass is 180 g/mol. The van der Waals surface area contributed by atoms with Crippen LogP contribution in [0.15, 0.2) is 23.9 Å². The van der Waals surface area contributed by atoms with Crippen molar-refractivity contribution in [1.29, 1.82) is 0 Å². The fourth-order valence-corrected chi connectivity index (χ4v) is 1.80. The zero-order chi connectivity index (χ0) is 9.47. The molecule has 1 aliphatic heterocycles. The smallest absolute Gasteiger partial charge is 0.315 e. The number of fused-ring (bicyclic) bond motifs is 1. The van der Waals surface area contributed by atoms with Crippen LogP contribution < -0.4 is 10.6 Å². The van der Waals surface area contributed by atoms with Gasteiger partial charge in [0.2, 0.25) is 0 Å². The number of carbonyl (C=O) groups is 1. The van der Waals surface area contributed by atoms with Crippen molar-refractivity contribution in [3.63, 3.8) is 0 Å². The van der Waals surface area contributed by atoms with Gasteiger partial charge in [0.05, 0.1) is 12.7 Å². The lowest BCUT2D eigenvalue weighted by atomic mass is 9.78. The zero-order valence-corrected chi connectivity index (χ0v) is 7.37. The third-order valence-electron chi connectivity index (χ3n) is 2.69. The van der Waals surface area contributed by atoms with E-state index in [0.717, 1.165) is 5.70 Å². The summed E-state index contributed by atoms with van der Waals surface area (Å²) in [5, 5.41) is 15.3. The normalized spacial score (nSPS) is 36.4. The van der Waals surface area contributed by atoms with Crippen molar-refractivity contribution in [2.24, 2.45) is 5.41 Å². The Labute approximate surface area is 76.3 Å². The number of carboxylic acids is 1.